The van der Waals surface area contributed by atoms with Crippen LogP contribution in [0.4, 0.5) is 0 Å². The van der Waals surface area contributed by atoms with Crippen molar-refractivity contribution >= 4 is 21.8 Å². The van der Waals surface area contributed by atoms with Crippen LogP contribution >= 0.6 is 15.9 Å². The van der Waals surface area contributed by atoms with Crippen molar-refractivity contribution in [2.24, 2.45) is 0 Å². The van der Waals surface area contributed by atoms with Crippen LogP contribution in [0.25, 0.3) is 0 Å². The van der Waals surface area contributed by atoms with Crippen molar-refractivity contribution in [1.82, 2.24) is 5.32 Å². The first-order chi connectivity index (χ1) is 10.6. The van der Waals surface area contributed by atoms with Crippen molar-refractivity contribution in [2.45, 2.75) is 13.5 Å². The second-order valence-electron chi connectivity index (χ2n) is 4.77. The van der Waals surface area contributed by atoms with E-state index in [2.05, 4.69) is 21.2 Å². The minimum Gasteiger partial charge on any atom is -0.493 e. The first-order valence-electron chi connectivity index (χ1n) is 6.81. The third-order valence-corrected chi connectivity index (χ3v) is 4.35. The third-order valence-electron chi connectivity index (χ3n) is 3.40. The van der Waals surface area contributed by atoms with Crippen LogP contribution in [0.5, 0.6) is 11.5 Å². The summed E-state index contributed by atoms with van der Waals surface area (Å²) in [6.45, 7) is 2.34. The molecule has 0 aliphatic rings. The number of methoxy groups -OCH3 is 2. The lowest BCUT2D eigenvalue weighted by Gasteiger charge is -2.15. The molecular weight excluding hydrogens is 346 g/mol. The highest BCUT2D eigenvalue weighted by molar-refractivity contribution is 9.10. The molecule has 4 nitrogen and oxygen atoms in total. The van der Waals surface area contributed by atoms with Gasteiger partial charge in [0.25, 0.3) is 5.91 Å². The van der Waals surface area contributed by atoms with E-state index < -0.39 is 0 Å². The average molecular weight is 364 g/mol. The molecule has 116 valence electrons. The molecule has 0 atom stereocenters. The zero-order chi connectivity index (χ0) is 16.1. The number of nitrogens with one attached hydrogen (secondary N) is 1. The summed E-state index contributed by atoms with van der Waals surface area (Å²) in [5, 5.41) is 2.92. The van der Waals surface area contributed by atoms with E-state index in [9.17, 15) is 4.79 Å². The normalized spacial score (nSPS) is 10.2. The van der Waals surface area contributed by atoms with E-state index in [-0.39, 0.29) is 5.91 Å². The van der Waals surface area contributed by atoms with E-state index in [0.29, 0.717) is 23.6 Å². The fraction of sp³-hybridized carbons (Fsp3) is 0.235. The van der Waals surface area contributed by atoms with E-state index in [1.54, 1.807) is 20.3 Å². The fourth-order valence-electron chi connectivity index (χ4n) is 2.15. The smallest absolute Gasteiger partial charge is 0.251 e. The molecule has 0 saturated heterocycles. The maximum atomic E-state index is 12.4. The van der Waals surface area contributed by atoms with Gasteiger partial charge in [0.05, 0.1) is 18.7 Å². The molecular formula is C17H18BrNO3. The van der Waals surface area contributed by atoms with Gasteiger partial charge < -0.3 is 14.8 Å². The summed E-state index contributed by atoms with van der Waals surface area (Å²) in [4.78, 5) is 12.4. The number of carbonyl (C=O) groups is 1. The number of amides is 1. The zero-order valence-electron chi connectivity index (χ0n) is 12.8. The van der Waals surface area contributed by atoms with Crippen LogP contribution in [-0.2, 0) is 6.54 Å². The monoisotopic (exact) mass is 363 g/mol. The Morgan fingerprint density at radius 2 is 1.86 bits per heavy atom. The van der Waals surface area contributed by atoms with Crippen molar-refractivity contribution in [2.75, 3.05) is 14.2 Å². The van der Waals surface area contributed by atoms with Crippen LogP contribution in [0.15, 0.2) is 40.9 Å². The molecule has 0 saturated carbocycles. The van der Waals surface area contributed by atoms with Crippen molar-refractivity contribution in [3.05, 3.63) is 57.6 Å². The highest BCUT2D eigenvalue weighted by Gasteiger charge is 2.19. The molecule has 0 aliphatic heterocycles. The molecule has 0 aromatic heterocycles. The lowest BCUT2D eigenvalue weighted by molar-refractivity contribution is 0.0950. The van der Waals surface area contributed by atoms with Crippen LogP contribution in [0.2, 0.25) is 0 Å². The van der Waals surface area contributed by atoms with E-state index in [4.69, 9.17) is 9.47 Å². The van der Waals surface area contributed by atoms with E-state index in [1.165, 1.54) is 0 Å². The highest BCUT2D eigenvalue weighted by atomic mass is 79.9. The molecule has 0 heterocycles. The van der Waals surface area contributed by atoms with E-state index >= 15 is 0 Å². The molecule has 0 bridgehead atoms. The van der Waals surface area contributed by atoms with Crippen molar-refractivity contribution in [3.63, 3.8) is 0 Å². The second kappa shape index (κ2) is 7.31. The minimum atomic E-state index is -0.150. The molecule has 22 heavy (non-hydrogen) atoms. The van der Waals surface area contributed by atoms with Gasteiger partial charge in [-0.05, 0) is 40.0 Å². The summed E-state index contributed by atoms with van der Waals surface area (Å²) in [7, 11) is 3.11. The Kier molecular flexibility index (Phi) is 5.44. The van der Waals surface area contributed by atoms with Gasteiger partial charge >= 0.3 is 0 Å². The van der Waals surface area contributed by atoms with Crippen LogP contribution in [0.3, 0.4) is 0 Å². The average Bonchev–Trinajstić information content (AvgIpc) is 2.55. The molecule has 0 unspecified atom stereocenters. The van der Waals surface area contributed by atoms with Crippen LogP contribution in [0.1, 0.15) is 21.5 Å². The lowest BCUT2D eigenvalue weighted by atomic mass is 10.1. The first kappa shape index (κ1) is 16.4. The zero-order valence-corrected chi connectivity index (χ0v) is 14.4. The summed E-state index contributed by atoms with van der Waals surface area (Å²) >= 11 is 3.46. The third kappa shape index (κ3) is 3.42. The molecule has 0 aliphatic carbocycles. The first-order valence-corrected chi connectivity index (χ1v) is 7.61. The fourth-order valence-corrected chi connectivity index (χ4v) is 2.72. The Bertz CT molecular complexity index is 671. The van der Waals surface area contributed by atoms with Gasteiger partial charge in [-0.25, -0.2) is 0 Å². The van der Waals surface area contributed by atoms with Gasteiger partial charge in [0.15, 0.2) is 11.5 Å². The summed E-state index contributed by atoms with van der Waals surface area (Å²) in [5.74, 6) is 0.951. The number of hydrogen-bond donors (Lipinski definition) is 1. The van der Waals surface area contributed by atoms with Gasteiger partial charge in [0, 0.05) is 12.1 Å². The van der Waals surface area contributed by atoms with Gasteiger partial charge in [-0.1, -0.05) is 30.3 Å². The highest BCUT2D eigenvalue weighted by Crippen LogP contribution is 2.39. The maximum absolute atomic E-state index is 12.4. The number of benzene rings is 2. The molecule has 0 spiro atoms. The minimum absolute atomic E-state index is 0.150. The van der Waals surface area contributed by atoms with Crippen molar-refractivity contribution in [1.29, 1.82) is 0 Å². The molecule has 2 aromatic rings. The Hall–Kier alpha value is -2.01. The Balaban J connectivity index is 2.24. The SMILES string of the molecule is COc1cc(C(=O)NCc2ccccc2)c(C)c(Br)c1OC. The number of hydrogen-bond acceptors (Lipinski definition) is 3. The standard InChI is InChI=1S/C17H18BrNO3/c1-11-13(9-14(21-2)16(22-3)15(11)18)17(20)19-10-12-7-5-4-6-8-12/h4-9H,10H2,1-3H3,(H,19,20). The predicted octanol–water partition coefficient (Wildman–Crippen LogP) is 3.70. The molecule has 0 fully saturated rings. The van der Waals surface area contributed by atoms with Gasteiger partial charge in [-0.2, -0.15) is 0 Å². The Morgan fingerprint density at radius 3 is 2.45 bits per heavy atom. The summed E-state index contributed by atoms with van der Waals surface area (Å²) in [5.41, 5.74) is 2.41. The number of carbonyl (C=O) groups excluding carboxylic acids is 1. The molecule has 0 radical (unpaired) electrons. The van der Waals surface area contributed by atoms with E-state index in [1.807, 2.05) is 37.3 Å². The molecule has 2 aromatic carbocycles. The second-order valence-corrected chi connectivity index (χ2v) is 5.56. The van der Waals surface area contributed by atoms with Gasteiger partial charge in [-0.15, -0.1) is 0 Å². The Labute approximate surface area is 138 Å². The van der Waals surface area contributed by atoms with Crippen molar-refractivity contribution in [3.8, 4) is 11.5 Å². The van der Waals surface area contributed by atoms with Gasteiger partial charge in [0.2, 0.25) is 0 Å². The van der Waals surface area contributed by atoms with Crippen LogP contribution < -0.4 is 14.8 Å². The lowest BCUT2D eigenvalue weighted by Crippen LogP contribution is -2.23. The number of rotatable bonds is 5. The van der Waals surface area contributed by atoms with Gasteiger partial charge in [-0.3, -0.25) is 4.79 Å². The summed E-state index contributed by atoms with van der Waals surface area (Å²) in [6.07, 6.45) is 0. The topological polar surface area (TPSA) is 47.6 Å². The van der Waals surface area contributed by atoms with Crippen LogP contribution in [0, 0.1) is 6.92 Å². The summed E-state index contributed by atoms with van der Waals surface area (Å²) < 4.78 is 11.3. The molecule has 2 rings (SSSR count). The molecule has 1 N–H and O–H groups in total. The predicted molar refractivity (Wildman–Crippen MR) is 89.6 cm³/mol. The van der Waals surface area contributed by atoms with Gasteiger partial charge in [0.1, 0.15) is 0 Å². The summed E-state index contributed by atoms with van der Waals surface area (Å²) in [6, 6.07) is 11.5. The Morgan fingerprint density at radius 1 is 1.18 bits per heavy atom. The van der Waals surface area contributed by atoms with Crippen LogP contribution in [-0.4, -0.2) is 20.1 Å². The number of halogens is 1. The molecule has 5 heteroatoms. The number of ether oxygens (including phenoxy) is 2. The molecule has 1 amide bonds. The largest absolute Gasteiger partial charge is 0.493 e. The van der Waals surface area contributed by atoms with E-state index in [0.717, 1.165) is 15.6 Å². The maximum Gasteiger partial charge on any atom is 0.251 e. The van der Waals surface area contributed by atoms with Crippen molar-refractivity contribution < 1.29 is 14.3 Å². The quantitative estimate of drug-likeness (QED) is 0.880.